The number of aliphatic carboxylic acids is 1. The lowest BCUT2D eigenvalue weighted by molar-refractivity contribution is -0.135. The number of rotatable bonds is 5. The van der Waals surface area contributed by atoms with E-state index in [1.54, 1.807) is 24.3 Å². The van der Waals surface area contributed by atoms with E-state index in [1.807, 2.05) is 31.2 Å². The molecular formula is C25H17ClF2O3. The van der Waals surface area contributed by atoms with Crippen molar-refractivity contribution in [2.24, 2.45) is 0 Å². The van der Waals surface area contributed by atoms with E-state index in [2.05, 4.69) is 0 Å². The third-order valence-electron chi connectivity index (χ3n) is 5.10. The van der Waals surface area contributed by atoms with Gasteiger partial charge < -0.3 is 9.84 Å². The molecule has 0 aliphatic heterocycles. The van der Waals surface area contributed by atoms with Crippen molar-refractivity contribution in [1.82, 2.24) is 0 Å². The van der Waals surface area contributed by atoms with Gasteiger partial charge in [-0.3, -0.25) is 4.79 Å². The molecule has 0 bridgehead atoms. The van der Waals surface area contributed by atoms with Gasteiger partial charge in [0, 0.05) is 11.1 Å². The Labute approximate surface area is 182 Å². The smallest absolute Gasteiger partial charge is 0.307 e. The summed E-state index contributed by atoms with van der Waals surface area (Å²) < 4.78 is 32.0. The molecule has 0 amide bonds. The van der Waals surface area contributed by atoms with Crippen molar-refractivity contribution >= 4 is 34.8 Å². The first-order valence-corrected chi connectivity index (χ1v) is 9.86. The van der Waals surface area contributed by atoms with E-state index < -0.39 is 17.6 Å². The van der Waals surface area contributed by atoms with Gasteiger partial charge in [-0.25, -0.2) is 8.78 Å². The van der Waals surface area contributed by atoms with Crippen LogP contribution in [0.5, 0.6) is 11.5 Å². The Balaban J connectivity index is 1.64. The average Bonchev–Trinajstić information content (AvgIpc) is 2.97. The van der Waals surface area contributed by atoms with E-state index in [1.165, 1.54) is 6.07 Å². The Bertz CT molecular complexity index is 1240. The minimum absolute atomic E-state index is 0.0858. The molecule has 0 aromatic heterocycles. The summed E-state index contributed by atoms with van der Waals surface area (Å²) in [6.07, 6.45) is 1.88. The number of halogens is 3. The highest BCUT2D eigenvalue weighted by Gasteiger charge is 2.25. The molecule has 0 saturated carbocycles. The van der Waals surface area contributed by atoms with Gasteiger partial charge in [-0.15, -0.1) is 0 Å². The van der Waals surface area contributed by atoms with E-state index in [-0.39, 0.29) is 12.2 Å². The Morgan fingerprint density at radius 1 is 0.968 bits per heavy atom. The Hall–Kier alpha value is -3.44. The third kappa shape index (κ3) is 4.37. The summed E-state index contributed by atoms with van der Waals surface area (Å²) in [5.74, 6) is -2.13. The van der Waals surface area contributed by atoms with Gasteiger partial charge >= 0.3 is 5.97 Å². The van der Waals surface area contributed by atoms with Crippen LogP contribution in [0.3, 0.4) is 0 Å². The lowest BCUT2D eigenvalue weighted by atomic mass is 10.0. The zero-order valence-electron chi connectivity index (χ0n) is 16.5. The van der Waals surface area contributed by atoms with E-state index >= 15 is 0 Å². The molecule has 0 unspecified atom stereocenters. The molecule has 6 heteroatoms. The van der Waals surface area contributed by atoms with Crippen LogP contribution in [-0.2, 0) is 4.79 Å². The second-order valence-electron chi connectivity index (χ2n) is 7.17. The SMILES string of the molecule is CC1=C(CC(=O)O)c2cc(Cl)ccc2/C1=C/c1ccc(Oc2ccc(F)c(F)c2)cc1. The normalized spacial score (nSPS) is 14.1. The Morgan fingerprint density at radius 3 is 2.35 bits per heavy atom. The molecule has 0 radical (unpaired) electrons. The minimum atomic E-state index is -0.974. The van der Waals surface area contributed by atoms with E-state index in [0.29, 0.717) is 10.8 Å². The molecule has 3 aromatic rings. The maximum atomic E-state index is 13.4. The van der Waals surface area contributed by atoms with E-state index in [4.69, 9.17) is 16.3 Å². The van der Waals surface area contributed by atoms with Crippen molar-refractivity contribution < 1.29 is 23.4 Å². The first kappa shape index (κ1) is 20.8. The molecule has 1 N–H and O–H groups in total. The predicted octanol–water partition coefficient (Wildman–Crippen LogP) is 7.21. The van der Waals surface area contributed by atoms with Gasteiger partial charge in [-0.1, -0.05) is 29.8 Å². The lowest BCUT2D eigenvalue weighted by Crippen LogP contribution is -1.96. The second kappa shape index (κ2) is 8.36. The highest BCUT2D eigenvalue weighted by molar-refractivity contribution is 6.31. The zero-order valence-corrected chi connectivity index (χ0v) is 17.2. The summed E-state index contributed by atoms with van der Waals surface area (Å²) >= 11 is 6.14. The summed E-state index contributed by atoms with van der Waals surface area (Å²) in [6.45, 7) is 1.90. The molecule has 0 spiro atoms. The minimum Gasteiger partial charge on any atom is -0.481 e. The molecule has 31 heavy (non-hydrogen) atoms. The van der Waals surface area contributed by atoms with Crippen LogP contribution in [0.25, 0.3) is 17.2 Å². The van der Waals surface area contributed by atoms with Gasteiger partial charge in [0.2, 0.25) is 0 Å². The van der Waals surface area contributed by atoms with E-state index in [9.17, 15) is 18.7 Å². The number of hydrogen-bond donors (Lipinski definition) is 1. The maximum Gasteiger partial charge on any atom is 0.307 e. The van der Waals surface area contributed by atoms with Gasteiger partial charge in [-0.05, 0) is 82.8 Å². The van der Waals surface area contributed by atoms with Crippen LogP contribution < -0.4 is 4.74 Å². The van der Waals surface area contributed by atoms with Crippen LogP contribution in [0.15, 0.2) is 66.2 Å². The van der Waals surface area contributed by atoms with Crippen LogP contribution in [0.4, 0.5) is 8.78 Å². The molecule has 1 aliphatic rings. The Kier molecular flexibility index (Phi) is 5.61. The third-order valence-corrected chi connectivity index (χ3v) is 5.33. The van der Waals surface area contributed by atoms with Gasteiger partial charge in [-0.2, -0.15) is 0 Å². The molecule has 3 aromatic carbocycles. The van der Waals surface area contributed by atoms with Crippen LogP contribution in [0.2, 0.25) is 5.02 Å². The molecule has 0 saturated heterocycles. The monoisotopic (exact) mass is 438 g/mol. The lowest BCUT2D eigenvalue weighted by Gasteiger charge is -2.07. The highest BCUT2D eigenvalue weighted by atomic mass is 35.5. The predicted molar refractivity (Wildman–Crippen MR) is 117 cm³/mol. The fourth-order valence-electron chi connectivity index (χ4n) is 3.61. The average molecular weight is 439 g/mol. The standard InChI is InChI=1S/C25H17ClF2O3/c1-14-20(19-8-4-16(26)11-22(19)21(14)13-25(29)30)10-15-2-5-17(6-3-15)31-18-7-9-23(27)24(28)12-18/h2-12H,13H2,1H3,(H,29,30)/b20-10+. The molecule has 156 valence electrons. The van der Waals surface area contributed by atoms with Gasteiger partial charge in [0.1, 0.15) is 11.5 Å². The van der Waals surface area contributed by atoms with Gasteiger partial charge in [0.05, 0.1) is 6.42 Å². The highest BCUT2D eigenvalue weighted by Crippen LogP contribution is 2.44. The molecule has 1 aliphatic carbocycles. The Morgan fingerprint density at radius 2 is 1.68 bits per heavy atom. The zero-order chi connectivity index (χ0) is 22.1. The van der Waals surface area contributed by atoms with E-state index in [0.717, 1.165) is 45.5 Å². The maximum absolute atomic E-state index is 13.4. The van der Waals surface area contributed by atoms with Crippen molar-refractivity contribution in [3.63, 3.8) is 0 Å². The van der Waals surface area contributed by atoms with Crippen LogP contribution in [-0.4, -0.2) is 11.1 Å². The summed E-state index contributed by atoms with van der Waals surface area (Å²) in [4.78, 5) is 11.3. The van der Waals surface area contributed by atoms with Gasteiger partial charge in [0.15, 0.2) is 11.6 Å². The van der Waals surface area contributed by atoms with Crippen molar-refractivity contribution in [2.75, 3.05) is 0 Å². The number of ether oxygens (including phenoxy) is 1. The van der Waals surface area contributed by atoms with Crippen molar-refractivity contribution in [3.05, 3.63) is 99.6 Å². The van der Waals surface area contributed by atoms with Crippen molar-refractivity contribution in [3.8, 4) is 11.5 Å². The summed E-state index contributed by atoms with van der Waals surface area (Å²) in [5.41, 5.74) is 5.20. The number of hydrogen-bond acceptors (Lipinski definition) is 2. The number of carboxylic acid groups (broad SMARTS) is 1. The molecule has 0 atom stereocenters. The fraction of sp³-hybridized carbons (Fsp3) is 0.0800. The number of carboxylic acids is 1. The second-order valence-corrected chi connectivity index (χ2v) is 7.61. The first-order chi connectivity index (χ1) is 14.8. The quantitative estimate of drug-likeness (QED) is 0.457. The summed E-state index contributed by atoms with van der Waals surface area (Å²) in [7, 11) is 0. The number of fused-ring (bicyclic) bond motifs is 1. The fourth-order valence-corrected chi connectivity index (χ4v) is 3.78. The first-order valence-electron chi connectivity index (χ1n) is 9.48. The molecule has 0 fully saturated rings. The molecular weight excluding hydrogens is 422 g/mol. The van der Waals surface area contributed by atoms with Crippen molar-refractivity contribution in [2.45, 2.75) is 13.3 Å². The number of benzene rings is 3. The molecule has 0 heterocycles. The summed E-state index contributed by atoms with van der Waals surface area (Å²) in [6, 6.07) is 15.9. The number of allylic oxidation sites excluding steroid dienone is 2. The molecule has 3 nitrogen and oxygen atoms in total. The number of carbonyl (C=O) groups is 1. The largest absolute Gasteiger partial charge is 0.481 e. The van der Waals surface area contributed by atoms with Crippen LogP contribution in [0, 0.1) is 11.6 Å². The summed E-state index contributed by atoms with van der Waals surface area (Å²) in [5, 5.41) is 9.85. The van der Waals surface area contributed by atoms with Gasteiger partial charge in [0.25, 0.3) is 0 Å². The van der Waals surface area contributed by atoms with Crippen LogP contribution >= 0.6 is 11.6 Å². The topological polar surface area (TPSA) is 46.5 Å². The van der Waals surface area contributed by atoms with Crippen molar-refractivity contribution in [1.29, 1.82) is 0 Å². The molecule has 4 rings (SSSR count). The van der Waals surface area contributed by atoms with Crippen LogP contribution in [0.1, 0.15) is 30.0 Å².